The summed E-state index contributed by atoms with van der Waals surface area (Å²) in [6, 6.07) is 7.03. The van der Waals surface area contributed by atoms with E-state index in [9.17, 15) is 27.6 Å². The topological polar surface area (TPSA) is 124 Å². The standard InChI is InChI=1S/C20H16F3N5O4/c1-10(25-26-17(29)12-3-5-13(6-4-12)19(31)32)16-11(2)27-28(18(16)30)15-8-7-14(9-24-15)20(21,22)23/h3-9,25H,1-2H3,(H,26,29)(H,31,32)/b16-10-. The summed E-state index contributed by atoms with van der Waals surface area (Å²) in [4.78, 5) is 39.5. The van der Waals surface area contributed by atoms with Gasteiger partial charge in [-0.2, -0.15) is 23.3 Å². The molecule has 0 atom stereocenters. The van der Waals surface area contributed by atoms with Crippen molar-refractivity contribution in [2.24, 2.45) is 5.10 Å². The molecule has 9 nitrogen and oxygen atoms in total. The van der Waals surface area contributed by atoms with Gasteiger partial charge in [-0.3, -0.25) is 15.0 Å². The van der Waals surface area contributed by atoms with Gasteiger partial charge in [0.15, 0.2) is 5.82 Å². The van der Waals surface area contributed by atoms with E-state index in [1.807, 2.05) is 0 Å². The Balaban J connectivity index is 1.72. The molecule has 3 N–H and O–H groups in total. The normalized spacial score (nSPS) is 15.3. The zero-order valence-corrected chi connectivity index (χ0v) is 16.7. The predicted molar refractivity (Wildman–Crippen MR) is 107 cm³/mol. The van der Waals surface area contributed by atoms with E-state index in [4.69, 9.17) is 5.11 Å². The van der Waals surface area contributed by atoms with Crippen molar-refractivity contribution in [1.82, 2.24) is 15.8 Å². The van der Waals surface area contributed by atoms with Crippen LogP contribution in [0.3, 0.4) is 0 Å². The maximum absolute atomic E-state index is 12.7. The average molecular weight is 447 g/mol. The smallest absolute Gasteiger partial charge is 0.417 e. The van der Waals surface area contributed by atoms with Gasteiger partial charge in [-0.25, -0.2) is 9.78 Å². The maximum Gasteiger partial charge on any atom is 0.417 e. The number of carboxylic acids is 1. The minimum atomic E-state index is -4.56. The Morgan fingerprint density at radius 2 is 1.66 bits per heavy atom. The third kappa shape index (κ3) is 4.58. The lowest BCUT2D eigenvalue weighted by Gasteiger charge is -2.14. The number of anilines is 1. The van der Waals surface area contributed by atoms with Crippen LogP contribution in [0.15, 0.2) is 59.0 Å². The Morgan fingerprint density at radius 1 is 1.03 bits per heavy atom. The molecule has 1 aliphatic heterocycles. The number of carboxylic acid groups (broad SMARTS) is 1. The molecule has 3 rings (SSSR count). The molecule has 1 aliphatic rings. The monoisotopic (exact) mass is 447 g/mol. The predicted octanol–water partition coefficient (Wildman–Crippen LogP) is 2.73. The van der Waals surface area contributed by atoms with Gasteiger partial charge >= 0.3 is 12.1 Å². The molecule has 0 bridgehead atoms. The molecular weight excluding hydrogens is 431 g/mol. The molecule has 0 saturated carbocycles. The number of allylic oxidation sites excluding steroid dienone is 1. The van der Waals surface area contributed by atoms with E-state index in [0.29, 0.717) is 6.20 Å². The lowest BCUT2D eigenvalue weighted by atomic mass is 10.1. The van der Waals surface area contributed by atoms with E-state index >= 15 is 0 Å². The summed E-state index contributed by atoms with van der Waals surface area (Å²) >= 11 is 0. The molecule has 0 fully saturated rings. The fraction of sp³-hybridized carbons (Fsp3) is 0.150. The number of hydrazine groups is 1. The highest BCUT2D eigenvalue weighted by Crippen LogP contribution is 2.30. The van der Waals surface area contributed by atoms with E-state index < -0.39 is 29.5 Å². The van der Waals surface area contributed by atoms with Gasteiger partial charge in [-0.05, 0) is 50.2 Å². The van der Waals surface area contributed by atoms with Gasteiger partial charge in [-0.1, -0.05) is 0 Å². The van der Waals surface area contributed by atoms with Gasteiger partial charge in [0.1, 0.15) is 0 Å². The van der Waals surface area contributed by atoms with E-state index in [1.165, 1.54) is 38.1 Å². The summed E-state index contributed by atoms with van der Waals surface area (Å²) in [7, 11) is 0. The number of benzene rings is 1. The van der Waals surface area contributed by atoms with Crippen LogP contribution < -0.4 is 15.9 Å². The SMILES string of the molecule is CC1=NN(c2ccc(C(F)(F)F)cn2)C(=O)/C1=C(/C)NNC(=O)c1ccc(C(=O)O)cc1. The molecule has 0 saturated heterocycles. The van der Waals surface area contributed by atoms with Crippen LogP contribution in [-0.4, -0.2) is 33.6 Å². The van der Waals surface area contributed by atoms with Gasteiger partial charge in [-0.15, -0.1) is 0 Å². The molecule has 166 valence electrons. The fourth-order valence-electron chi connectivity index (χ4n) is 2.82. The molecule has 0 radical (unpaired) electrons. The lowest BCUT2D eigenvalue weighted by molar-refractivity contribution is -0.137. The Labute approximate surface area is 179 Å². The van der Waals surface area contributed by atoms with Gasteiger partial charge < -0.3 is 10.5 Å². The average Bonchev–Trinajstić information content (AvgIpc) is 3.05. The lowest BCUT2D eigenvalue weighted by Crippen LogP contribution is -2.38. The first-order valence-electron chi connectivity index (χ1n) is 9.03. The van der Waals surface area contributed by atoms with Crippen LogP contribution in [-0.2, 0) is 11.0 Å². The Bertz CT molecular complexity index is 1140. The molecule has 0 spiro atoms. The van der Waals surface area contributed by atoms with E-state index in [0.717, 1.165) is 17.1 Å². The Kier molecular flexibility index (Phi) is 5.96. The molecule has 0 unspecified atom stereocenters. The molecule has 1 aromatic carbocycles. The number of rotatable bonds is 5. The van der Waals surface area contributed by atoms with Crippen LogP contribution >= 0.6 is 0 Å². The number of pyridine rings is 1. The van der Waals surface area contributed by atoms with Crippen LogP contribution in [0.4, 0.5) is 19.0 Å². The molecule has 0 aliphatic carbocycles. The zero-order chi connectivity index (χ0) is 23.6. The first-order chi connectivity index (χ1) is 15.0. The minimum Gasteiger partial charge on any atom is -0.478 e. The number of amides is 2. The highest BCUT2D eigenvalue weighted by molar-refractivity contribution is 6.30. The number of hydrogen-bond acceptors (Lipinski definition) is 6. The first kappa shape index (κ1) is 22.5. The summed E-state index contributed by atoms with van der Waals surface area (Å²) < 4.78 is 38.1. The maximum atomic E-state index is 12.7. The number of aromatic nitrogens is 1. The largest absolute Gasteiger partial charge is 0.478 e. The summed E-state index contributed by atoms with van der Waals surface area (Å²) in [6.45, 7) is 3.03. The first-order valence-corrected chi connectivity index (χ1v) is 9.03. The van der Waals surface area contributed by atoms with Crippen LogP contribution in [0.25, 0.3) is 0 Å². The van der Waals surface area contributed by atoms with Crippen LogP contribution in [0.2, 0.25) is 0 Å². The molecule has 1 aromatic heterocycles. The Hall–Kier alpha value is -4.22. The number of carbonyl (C=O) groups is 3. The van der Waals surface area contributed by atoms with Crippen LogP contribution in [0, 0.1) is 0 Å². The summed E-state index contributed by atoms with van der Waals surface area (Å²) in [6.07, 6.45) is -3.95. The third-order valence-electron chi connectivity index (χ3n) is 4.44. The van der Waals surface area contributed by atoms with Gasteiger partial charge in [0.25, 0.3) is 11.8 Å². The van der Waals surface area contributed by atoms with Crippen molar-refractivity contribution < 1.29 is 32.7 Å². The number of hydrogen-bond donors (Lipinski definition) is 3. The summed E-state index contributed by atoms with van der Waals surface area (Å²) in [5.74, 6) is -2.44. The summed E-state index contributed by atoms with van der Waals surface area (Å²) in [5.41, 5.74) is 4.82. The van der Waals surface area contributed by atoms with Crippen LogP contribution in [0.5, 0.6) is 0 Å². The van der Waals surface area contributed by atoms with Crippen molar-refractivity contribution in [3.05, 3.63) is 70.6 Å². The van der Waals surface area contributed by atoms with Crippen molar-refractivity contribution in [3.63, 3.8) is 0 Å². The molecule has 2 aromatic rings. The molecule has 2 heterocycles. The highest BCUT2D eigenvalue weighted by Gasteiger charge is 2.34. The van der Waals surface area contributed by atoms with E-state index in [1.54, 1.807) is 0 Å². The van der Waals surface area contributed by atoms with Crippen molar-refractivity contribution >= 4 is 29.3 Å². The summed E-state index contributed by atoms with van der Waals surface area (Å²) in [5, 5.41) is 13.8. The Morgan fingerprint density at radius 3 is 2.19 bits per heavy atom. The number of alkyl halides is 3. The number of nitrogens with one attached hydrogen (secondary N) is 2. The highest BCUT2D eigenvalue weighted by atomic mass is 19.4. The quantitative estimate of drug-likeness (QED) is 0.478. The number of hydrazone groups is 1. The number of nitrogens with zero attached hydrogens (tertiary/aromatic N) is 3. The van der Waals surface area contributed by atoms with Crippen molar-refractivity contribution in [1.29, 1.82) is 0 Å². The van der Waals surface area contributed by atoms with E-state index in [2.05, 4.69) is 20.9 Å². The van der Waals surface area contributed by atoms with Gasteiger partial charge in [0, 0.05) is 17.5 Å². The third-order valence-corrected chi connectivity index (χ3v) is 4.44. The number of halogens is 3. The van der Waals surface area contributed by atoms with Gasteiger partial charge in [0.2, 0.25) is 0 Å². The van der Waals surface area contributed by atoms with Crippen molar-refractivity contribution in [2.75, 3.05) is 5.01 Å². The van der Waals surface area contributed by atoms with Crippen molar-refractivity contribution in [2.45, 2.75) is 20.0 Å². The molecule has 2 amide bonds. The second-order valence-corrected chi connectivity index (χ2v) is 6.67. The second kappa shape index (κ2) is 8.49. The molecule has 32 heavy (non-hydrogen) atoms. The molecule has 12 heteroatoms. The van der Waals surface area contributed by atoms with Gasteiger partial charge in [0.05, 0.1) is 22.4 Å². The van der Waals surface area contributed by atoms with Crippen molar-refractivity contribution in [3.8, 4) is 0 Å². The van der Waals surface area contributed by atoms with Crippen LogP contribution in [0.1, 0.15) is 40.1 Å². The number of aromatic carboxylic acids is 1. The molecular formula is C20H16F3N5O4. The minimum absolute atomic E-state index is 0.0214. The fourth-order valence-corrected chi connectivity index (χ4v) is 2.82. The van der Waals surface area contributed by atoms with E-state index in [-0.39, 0.29) is 33.9 Å². The number of carbonyl (C=O) groups excluding carboxylic acids is 2. The zero-order valence-electron chi connectivity index (χ0n) is 16.7. The second-order valence-electron chi connectivity index (χ2n) is 6.67.